The lowest BCUT2D eigenvalue weighted by Crippen LogP contribution is -2.54. The molecule has 0 amide bonds. The van der Waals surface area contributed by atoms with Gasteiger partial charge in [0.2, 0.25) is 0 Å². The fourth-order valence-corrected chi connectivity index (χ4v) is 4.08. The molecule has 3 heteroatoms. The van der Waals surface area contributed by atoms with Gasteiger partial charge in [0, 0.05) is 18.0 Å². The fourth-order valence-electron chi connectivity index (χ4n) is 4.08. The Labute approximate surface area is 127 Å². The minimum absolute atomic E-state index is 0.168. The lowest BCUT2D eigenvalue weighted by molar-refractivity contribution is 0.0287. The van der Waals surface area contributed by atoms with Gasteiger partial charge in [-0.05, 0) is 57.3 Å². The molecule has 0 aliphatic carbocycles. The molecular formula is C18H27FN2. The Bertz CT molecular complexity index is 416. The second-order valence-corrected chi connectivity index (χ2v) is 6.53. The summed E-state index contributed by atoms with van der Waals surface area (Å²) in [5.74, 6) is 0.217. The zero-order valence-corrected chi connectivity index (χ0v) is 12.8. The van der Waals surface area contributed by atoms with Gasteiger partial charge >= 0.3 is 0 Å². The van der Waals surface area contributed by atoms with Gasteiger partial charge in [-0.2, -0.15) is 0 Å². The van der Waals surface area contributed by atoms with E-state index in [9.17, 15) is 4.39 Å². The lowest BCUT2D eigenvalue weighted by Gasteiger charge is -2.46. The van der Waals surface area contributed by atoms with Crippen molar-refractivity contribution in [3.63, 3.8) is 0 Å². The second kappa shape index (κ2) is 7.37. The standard InChI is InChI=1S/C18H27FN2/c19-14-16-7-4-12-21(17-8-10-20-11-9-17)18(16)13-15-5-2-1-3-6-15/h1-3,5-6,16-18,20H,4,7-14H2. The molecule has 116 valence electrons. The van der Waals surface area contributed by atoms with E-state index in [-0.39, 0.29) is 12.6 Å². The van der Waals surface area contributed by atoms with Crippen molar-refractivity contribution < 1.29 is 4.39 Å². The summed E-state index contributed by atoms with van der Waals surface area (Å²) in [6, 6.07) is 11.6. The summed E-state index contributed by atoms with van der Waals surface area (Å²) in [5, 5.41) is 3.44. The number of alkyl halides is 1. The van der Waals surface area contributed by atoms with Gasteiger partial charge in [0.25, 0.3) is 0 Å². The van der Waals surface area contributed by atoms with Crippen molar-refractivity contribution in [1.82, 2.24) is 10.2 Å². The average Bonchev–Trinajstić information content (AvgIpc) is 2.57. The van der Waals surface area contributed by atoms with Crippen LogP contribution in [-0.2, 0) is 6.42 Å². The Morgan fingerprint density at radius 3 is 2.57 bits per heavy atom. The fraction of sp³-hybridized carbons (Fsp3) is 0.667. The van der Waals surface area contributed by atoms with Crippen molar-refractivity contribution in [2.45, 2.75) is 44.2 Å². The van der Waals surface area contributed by atoms with Crippen molar-refractivity contribution in [1.29, 1.82) is 0 Å². The summed E-state index contributed by atoms with van der Waals surface area (Å²) < 4.78 is 13.5. The van der Waals surface area contributed by atoms with Crippen molar-refractivity contribution in [3.05, 3.63) is 35.9 Å². The number of benzene rings is 1. The van der Waals surface area contributed by atoms with Gasteiger partial charge in [0.1, 0.15) is 0 Å². The zero-order valence-electron chi connectivity index (χ0n) is 12.8. The van der Waals surface area contributed by atoms with Crippen molar-refractivity contribution in [2.24, 2.45) is 5.92 Å². The van der Waals surface area contributed by atoms with Crippen LogP contribution in [0.3, 0.4) is 0 Å². The molecule has 1 aromatic rings. The highest BCUT2D eigenvalue weighted by molar-refractivity contribution is 5.16. The number of nitrogens with one attached hydrogen (secondary N) is 1. The van der Waals surface area contributed by atoms with E-state index in [1.807, 2.05) is 0 Å². The van der Waals surface area contributed by atoms with Crippen LogP contribution >= 0.6 is 0 Å². The van der Waals surface area contributed by atoms with E-state index in [0.717, 1.165) is 38.9 Å². The van der Waals surface area contributed by atoms with Gasteiger partial charge in [0.05, 0.1) is 6.67 Å². The van der Waals surface area contributed by atoms with Crippen LogP contribution in [0.4, 0.5) is 4.39 Å². The third-order valence-corrected chi connectivity index (χ3v) is 5.22. The summed E-state index contributed by atoms with van der Waals surface area (Å²) >= 11 is 0. The van der Waals surface area contributed by atoms with E-state index < -0.39 is 0 Å². The third-order valence-electron chi connectivity index (χ3n) is 5.22. The predicted octanol–water partition coefficient (Wildman–Crippen LogP) is 3.03. The molecule has 2 aliphatic rings. The number of nitrogens with zero attached hydrogens (tertiary/aromatic N) is 1. The largest absolute Gasteiger partial charge is 0.317 e. The normalized spacial score (nSPS) is 28.6. The maximum absolute atomic E-state index is 13.5. The molecule has 2 nitrogen and oxygen atoms in total. The Balaban J connectivity index is 1.75. The molecule has 2 fully saturated rings. The molecule has 1 aromatic carbocycles. The van der Waals surface area contributed by atoms with Gasteiger partial charge in [-0.1, -0.05) is 30.3 Å². The molecule has 0 bridgehead atoms. The molecule has 2 atom stereocenters. The first-order chi connectivity index (χ1) is 10.4. The quantitative estimate of drug-likeness (QED) is 0.917. The first-order valence-corrected chi connectivity index (χ1v) is 8.45. The Morgan fingerprint density at radius 1 is 1.10 bits per heavy atom. The SMILES string of the molecule is FCC1CCCN(C2CCNCC2)C1Cc1ccccc1. The molecule has 1 N–H and O–H groups in total. The molecule has 0 radical (unpaired) electrons. The van der Waals surface area contributed by atoms with Gasteiger partial charge in [0.15, 0.2) is 0 Å². The van der Waals surface area contributed by atoms with Crippen molar-refractivity contribution in [3.8, 4) is 0 Å². The van der Waals surface area contributed by atoms with Gasteiger partial charge < -0.3 is 5.32 Å². The number of halogens is 1. The molecule has 2 heterocycles. The van der Waals surface area contributed by atoms with E-state index in [0.29, 0.717) is 12.1 Å². The molecule has 2 saturated heterocycles. The summed E-state index contributed by atoms with van der Waals surface area (Å²) in [4.78, 5) is 2.64. The van der Waals surface area contributed by atoms with Crippen LogP contribution in [0, 0.1) is 5.92 Å². The number of hydrogen-bond donors (Lipinski definition) is 1. The topological polar surface area (TPSA) is 15.3 Å². The van der Waals surface area contributed by atoms with Crippen LogP contribution in [0.15, 0.2) is 30.3 Å². The van der Waals surface area contributed by atoms with E-state index in [4.69, 9.17) is 0 Å². The van der Waals surface area contributed by atoms with E-state index in [1.165, 1.54) is 18.4 Å². The highest BCUT2D eigenvalue weighted by Crippen LogP contribution is 2.30. The Hall–Kier alpha value is -0.930. The number of piperidine rings is 2. The molecule has 0 saturated carbocycles. The monoisotopic (exact) mass is 290 g/mol. The highest BCUT2D eigenvalue weighted by atomic mass is 19.1. The molecule has 2 aliphatic heterocycles. The van der Waals surface area contributed by atoms with Crippen LogP contribution in [0.25, 0.3) is 0 Å². The first kappa shape index (κ1) is 15.0. The van der Waals surface area contributed by atoms with Crippen LogP contribution in [0.1, 0.15) is 31.2 Å². The Kier molecular flexibility index (Phi) is 5.26. The van der Waals surface area contributed by atoms with Crippen LogP contribution in [0.5, 0.6) is 0 Å². The second-order valence-electron chi connectivity index (χ2n) is 6.53. The van der Waals surface area contributed by atoms with Crippen LogP contribution < -0.4 is 5.32 Å². The summed E-state index contributed by atoms with van der Waals surface area (Å²) in [6.45, 7) is 3.21. The summed E-state index contributed by atoms with van der Waals surface area (Å²) in [6.07, 6.45) is 5.63. The van der Waals surface area contributed by atoms with Crippen molar-refractivity contribution in [2.75, 3.05) is 26.3 Å². The first-order valence-electron chi connectivity index (χ1n) is 8.45. The molecular weight excluding hydrogens is 263 g/mol. The number of likely N-dealkylation sites (tertiary alicyclic amines) is 1. The Morgan fingerprint density at radius 2 is 1.86 bits per heavy atom. The minimum Gasteiger partial charge on any atom is -0.317 e. The van der Waals surface area contributed by atoms with Gasteiger partial charge in [-0.25, -0.2) is 0 Å². The molecule has 21 heavy (non-hydrogen) atoms. The average molecular weight is 290 g/mol. The maximum Gasteiger partial charge on any atom is 0.0937 e. The van der Waals surface area contributed by atoms with Crippen LogP contribution in [-0.4, -0.2) is 43.3 Å². The minimum atomic E-state index is -0.168. The zero-order chi connectivity index (χ0) is 14.5. The summed E-state index contributed by atoms with van der Waals surface area (Å²) in [7, 11) is 0. The molecule has 2 unspecified atom stereocenters. The highest BCUT2D eigenvalue weighted by Gasteiger charge is 2.35. The number of hydrogen-bond acceptors (Lipinski definition) is 2. The van der Waals surface area contributed by atoms with E-state index in [2.05, 4.69) is 40.5 Å². The number of rotatable bonds is 4. The summed E-state index contributed by atoms with van der Waals surface area (Å²) in [5.41, 5.74) is 1.35. The van der Waals surface area contributed by atoms with Crippen molar-refractivity contribution >= 4 is 0 Å². The smallest absolute Gasteiger partial charge is 0.0937 e. The van der Waals surface area contributed by atoms with Gasteiger partial charge in [-0.3, -0.25) is 9.29 Å². The van der Waals surface area contributed by atoms with E-state index >= 15 is 0 Å². The lowest BCUT2D eigenvalue weighted by atomic mass is 9.84. The maximum atomic E-state index is 13.5. The van der Waals surface area contributed by atoms with Gasteiger partial charge in [-0.15, -0.1) is 0 Å². The molecule has 3 rings (SSSR count). The molecule has 0 aromatic heterocycles. The van der Waals surface area contributed by atoms with Crippen LogP contribution in [0.2, 0.25) is 0 Å². The third kappa shape index (κ3) is 3.64. The van der Waals surface area contributed by atoms with E-state index in [1.54, 1.807) is 0 Å². The molecule has 0 spiro atoms. The predicted molar refractivity (Wildman–Crippen MR) is 85.2 cm³/mol.